The van der Waals surface area contributed by atoms with Crippen LogP contribution in [0.2, 0.25) is 0 Å². The van der Waals surface area contributed by atoms with Crippen molar-refractivity contribution in [1.82, 2.24) is 14.7 Å². The quantitative estimate of drug-likeness (QED) is 0.381. The zero-order chi connectivity index (χ0) is 23.5. The SMILES string of the molecule is CCOc1ccc(-c2nn(-c3ccccc3)cc2/C=C2\SC(=S)N(CC(=O)[O-])C2=O)c(C)c1. The molecular formula is C24H20N3O4S2-. The number of aryl methyl sites for hydroxylation is 1. The van der Waals surface area contributed by atoms with Gasteiger partial charge in [-0.05, 0) is 55.8 Å². The number of thiocarbonyl (C=S) groups is 1. The van der Waals surface area contributed by atoms with Crippen LogP contribution in [0.1, 0.15) is 18.1 Å². The van der Waals surface area contributed by atoms with Crippen LogP contribution in [0.15, 0.2) is 59.6 Å². The normalized spacial score (nSPS) is 14.8. The maximum atomic E-state index is 12.8. The van der Waals surface area contributed by atoms with Crippen LogP contribution in [-0.2, 0) is 9.59 Å². The average molecular weight is 479 g/mol. The topological polar surface area (TPSA) is 87.5 Å². The summed E-state index contributed by atoms with van der Waals surface area (Å²) in [6.07, 6.45) is 3.54. The van der Waals surface area contributed by atoms with Crippen LogP contribution >= 0.6 is 24.0 Å². The van der Waals surface area contributed by atoms with E-state index in [1.165, 1.54) is 0 Å². The number of benzene rings is 2. The van der Waals surface area contributed by atoms with Crippen molar-refractivity contribution in [2.45, 2.75) is 13.8 Å². The summed E-state index contributed by atoms with van der Waals surface area (Å²) < 4.78 is 7.53. The van der Waals surface area contributed by atoms with E-state index in [1.54, 1.807) is 10.8 Å². The van der Waals surface area contributed by atoms with E-state index in [9.17, 15) is 14.7 Å². The van der Waals surface area contributed by atoms with E-state index >= 15 is 0 Å². The van der Waals surface area contributed by atoms with Gasteiger partial charge in [0, 0.05) is 17.3 Å². The molecular weight excluding hydrogens is 458 g/mol. The first-order chi connectivity index (χ1) is 15.9. The second-order valence-corrected chi connectivity index (χ2v) is 8.94. The molecule has 168 valence electrons. The van der Waals surface area contributed by atoms with Gasteiger partial charge >= 0.3 is 0 Å². The van der Waals surface area contributed by atoms with Gasteiger partial charge in [0.2, 0.25) is 0 Å². The van der Waals surface area contributed by atoms with Crippen LogP contribution in [-0.4, -0.2) is 44.0 Å². The summed E-state index contributed by atoms with van der Waals surface area (Å²) >= 11 is 6.26. The summed E-state index contributed by atoms with van der Waals surface area (Å²) in [5.74, 6) is -1.06. The van der Waals surface area contributed by atoms with E-state index in [1.807, 2.05) is 68.6 Å². The number of aliphatic carboxylic acids is 1. The number of carboxylic acid groups (broad SMARTS) is 1. The Morgan fingerprint density at radius 1 is 1.24 bits per heavy atom. The van der Waals surface area contributed by atoms with E-state index in [0.29, 0.717) is 22.8 Å². The number of hydrogen-bond donors (Lipinski definition) is 0. The highest BCUT2D eigenvalue weighted by Gasteiger charge is 2.32. The highest BCUT2D eigenvalue weighted by Crippen LogP contribution is 2.36. The van der Waals surface area contributed by atoms with Gasteiger partial charge in [-0.25, -0.2) is 4.68 Å². The molecule has 2 heterocycles. The number of carbonyl (C=O) groups is 2. The van der Waals surface area contributed by atoms with Gasteiger partial charge in [0.15, 0.2) is 0 Å². The van der Waals surface area contributed by atoms with Crippen LogP contribution in [0, 0.1) is 6.92 Å². The third kappa shape index (κ3) is 4.84. The van der Waals surface area contributed by atoms with E-state index < -0.39 is 18.4 Å². The van der Waals surface area contributed by atoms with Crippen molar-refractivity contribution in [3.05, 3.63) is 70.8 Å². The number of carboxylic acids is 1. The molecule has 1 saturated heterocycles. The Morgan fingerprint density at radius 3 is 2.67 bits per heavy atom. The summed E-state index contributed by atoms with van der Waals surface area (Å²) in [6, 6.07) is 15.4. The van der Waals surface area contributed by atoms with Crippen LogP contribution in [0.5, 0.6) is 5.75 Å². The lowest BCUT2D eigenvalue weighted by Gasteiger charge is -2.14. The van der Waals surface area contributed by atoms with Crippen molar-refractivity contribution in [3.63, 3.8) is 0 Å². The molecule has 1 amide bonds. The number of carbonyl (C=O) groups excluding carboxylic acids is 2. The summed E-state index contributed by atoms with van der Waals surface area (Å²) in [5.41, 5.74) is 4.12. The minimum absolute atomic E-state index is 0.185. The van der Waals surface area contributed by atoms with E-state index in [2.05, 4.69) is 0 Å². The summed E-state index contributed by atoms with van der Waals surface area (Å²) in [6.45, 7) is 3.90. The largest absolute Gasteiger partial charge is 0.548 e. The third-order valence-electron chi connectivity index (χ3n) is 4.97. The molecule has 1 aliphatic heterocycles. The van der Waals surface area contributed by atoms with Crippen molar-refractivity contribution in [3.8, 4) is 22.7 Å². The Morgan fingerprint density at radius 2 is 2.00 bits per heavy atom. The van der Waals surface area contributed by atoms with Gasteiger partial charge in [-0.2, -0.15) is 5.10 Å². The first-order valence-corrected chi connectivity index (χ1v) is 11.4. The first-order valence-electron chi connectivity index (χ1n) is 10.2. The molecule has 0 radical (unpaired) electrons. The minimum Gasteiger partial charge on any atom is -0.548 e. The fourth-order valence-corrected chi connectivity index (χ4v) is 4.73. The number of hydrogen-bond acceptors (Lipinski definition) is 7. The van der Waals surface area contributed by atoms with Crippen molar-refractivity contribution >= 4 is 46.3 Å². The van der Waals surface area contributed by atoms with Crippen LogP contribution in [0.25, 0.3) is 23.0 Å². The van der Waals surface area contributed by atoms with E-state index in [-0.39, 0.29) is 4.32 Å². The highest BCUT2D eigenvalue weighted by atomic mass is 32.2. The van der Waals surface area contributed by atoms with E-state index in [0.717, 1.165) is 39.2 Å². The van der Waals surface area contributed by atoms with E-state index in [4.69, 9.17) is 22.1 Å². The van der Waals surface area contributed by atoms with Crippen LogP contribution in [0.3, 0.4) is 0 Å². The fraction of sp³-hybridized carbons (Fsp3) is 0.167. The lowest BCUT2D eigenvalue weighted by atomic mass is 10.0. The van der Waals surface area contributed by atoms with Gasteiger partial charge in [-0.1, -0.05) is 42.2 Å². The number of thioether (sulfide) groups is 1. The van der Waals surface area contributed by atoms with Gasteiger partial charge in [-0.3, -0.25) is 9.69 Å². The number of nitrogens with zero attached hydrogens (tertiary/aromatic N) is 3. The van der Waals surface area contributed by atoms with Gasteiger partial charge in [0.25, 0.3) is 5.91 Å². The number of amides is 1. The molecule has 0 spiro atoms. The van der Waals surface area contributed by atoms with Gasteiger partial charge in [0.1, 0.15) is 15.8 Å². The summed E-state index contributed by atoms with van der Waals surface area (Å²) in [5, 5.41) is 15.8. The molecule has 0 bridgehead atoms. The molecule has 0 aliphatic carbocycles. The average Bonchev–Trinajstić information content (AvgIpc) is 3.31. The molecule has 1 aromatic heterocycles. The predicted molar refractivity (Wildman–Crippen MR) is 130 cm³/mol. The number of rotatable bonds is 7. The molecule has 0 N–H and O–H groups in total. The zero-order valence-electron chi connectivity index (χ0n) is 18.0. The van der Waals surface area contributed by atoms with Crippen molar-refractivity contribution < 1.29 is 19.4 Å². The first kappa shape index (κ1) is 22.8. The maximum Gasteiger partial charge on any atom is 0.266 e. The summed E-state index contributed by atoms with van der Waals surface area (Å²) in [4.78, 5) is 25.1. The molecule has 1 fully saturated rings. The molecule has 0 atom stereocenters. The molecule has 7 nitrogen and oxygen atoms in total. The summed E-state index contributed by atoms with van der Waals surface area (Å²) in [7, 11) is 0. The van der Waals surface area contributed by atoms with Gasteiger partial charge in [0.05, 0.1) is 29.7 Å². The number of para-hydroxylation sites is 1. The number of aromatic nitrogens is 2. The van der Waals surface area contributed by atoms with Crippen molar-refractivity contribution in [2.24, 2.45) is 0 Å². The fourth-order valence-electron chi connectivity index (χ4n) is 3.48. The molecule has 4 rings (SSSR count). The second kappa shape index (κ2) is 9.60. The van der Waals surface area contributed by atoms with Crippen LogP contribution < -0.4 is 9.84 Å². The molecule has 1 aliphatic rings. The molecule has 33 heavy (non-hydrogen) atoms. The van der Waals surface area contributed by atoms with Gasteiger partial charge < -0.3 is 14.6 Å². The Kier molecular flexibility index (Phi) is 6.62. The Bertz CT molecular complexity index is 1270. The highest BCUT2D eigenvalue weighted by molar-refractivity contribution is 8.26. The molecule has 0 unspecified atom stereocenters. The maximum absolute atomic E-state index is 12.8. The molecule has 3 aromatic rings. The van der Waals surface area contributed by atoms with Crippen molar-refractivity contribution in [1.29, 1.82) is 0 Å². The monoisotopic (exact) mass is 478 g/mol. The minimum atomic E-state index is -1.37. The molecule has 0 saturated carbocycles. The molecule has 2 aromatic carbocycles. The lowest BCUT2D eigenvalue weighted by molar-refractivity contribution is -0.305. The third-order valence-corrected chi connectivity index (χ3v) is 6.35. The van der Waals surface area contributed by atoms with Gasteiger partial charge in [-0.15, -0.1) is 0 Å². The second-order valence-electron chi connectivity index (χ2n) is 7.26. The number of ether oxygens (including phenoxy) is 1. The standard InChI is InChI=1S/C24H21N3O4S2/c1-3-31-18-9-10-19(15(2)11-18)22-16(13-27(25-22)17-7-5-4-6-8-17)12-20-23(30)26(14-21(28)29)24(32)33-20/h4-13H,3,14H2,1-2H3,(H,28,29)/p-1/b20-12-. The Labute approximate surface area is 200 Å². The Hall–Kier alpha value is -3.43. The van der Waals surface area contributed by atoms with Crippen LogP contribution in [0.4, 0.5) is 0 Å². The smallest absolute Gasteiger partial charge is 0.266 e. The Balaban J connectivity index is 1.80. The van der Waals surface area contributed by atoms with Crippen molar-refractivity contribution in [2.75, 3.05) is 13.2 Å². The molecule has 9 heteroatoms. The lowest BCUT2D eigenvalue weighted by Crippen LogP contribution is -2.40. The predicted octanol–water partition coefficient (Wildman–Crippen LogP) is 3.20. The zero-order valence-corrected chi connectivity index (χ0v) is 19.6.